The van der Waals surface area contributed by atoms with Gasteiger partial charge in [-0.25, -0.2) is 14.1 Å². The van der Waals surface area contributed by atoms with E-state index in [1.165, 1.54) is 21.7 Å². The normalized spacial score (nSPS) is 10.7. The molecule has 0 saturated carbocycles. The molecule has 162 valence electrons. The van der Waals surface area contributed by atoms with Crippen molar-refractivity contribution in [2.45, 2.75) is 19.4 Å². The van der Waals surface area contributed by atoms with E-state index in [4.69, 9.17) is 16.3 Å². The van der Waals surface area contributed by atoms with Crippen LogP contribution in [0.2, 0.25) is 5.02 Å². The van der Waals surface area contributed by atoms with Crippen molar-refractivity contribution < 1.29 is 18.7 Å². The fraction of sp³-hybridized carbons (Fsp3) is 0.273. The quantitative estimate of drug-likeness (QED) is 0.530. The molecule has 0 spiro atoms. The summed E-state index contributed by atoms with van der Waals surface area (Å²) >= 11 is 5.74. The number of halogens is 2. The van der Waals surface area contributed by atoms with Gasteiger partial charge in [0.2, 0.25) is 5.82 Å². The molecule has 1 heterocycles. The number of benzene rings is 2. The number of amides is 1. The van der Waals surface area contributed by atoms with E-state index < -0.39 is 11.7 Å². The number of aryl methyl sites for hydroxylation is 1. The number of hydrogen-bond donors (Lipinski definition) is 0. The van der Waals surface area contributed by atoms with Crippen molar-refractivity contribution in [2.75, 3.05) is 21.2 Å². The van der Waals surface area contributed by atoms with Crippen LogP contribution >= 0.6 is 11.6 Å². The van der Waals surface area contributed by atoms with E-state index in [1.54, 1.807) is 27.3 Å². The fourth-order valence-corrected chi connectivity index (χ4v) is 3.04. The summed E-state index contributed by atoms with van der Waals surface area (Å²) in [7, 11) is 4.74. The predicted octanol–water partition coefficient (Wildman–Crippen LogP) is 3.65. The molecule has 0 atom stereocenters. The van der Waals surface area contributed by atoms with Crippen molar-refractivity contribution in [3.05, 3.63) is 64.7 Å². The van der Waals surface area contributed by atoms with E-state index in [-0.39, 0.29) is 35.4 Å². The Bertz CT molecular complexity index is 1110. The summed E-state index contributed by atoms with van der Waals surface area (Å²) in [5, 5.41) is 4.26. The van der Waals surface area contributed by atoms with Gasteiger partial charge in [0, 0.05) is 26.1 Å². The number of nitrogens with zero attached hydrogens (tertiary/aromatic N) is 4. The SMILES string of the molecule is COc1cccc(CCC(=O)Cn2nc(-c3ccc(Cl)c(F)c3)nc2C(=O)N(C)C)c1. The highest BCUT2D eigenvalue weighted by molar-refractivity contribution is 6.30. The van der Waals surface area contributed by atoms with Gasteiger partial charge in [0.25, 0.3) is 5.91 Å². The van der Waals surface area contributed by atoms with E-state index >= 15 is 0 Å². The van der Waals surface area contributed by atoms with Crippen LogP contribution < -0.4 is 4.74 Å². The molecule has 1 amide bonds. The van der Waals surface area contributed by atoms with E-state index in [9.17, 15) is 14.0 Å². The molecule has 0 aliphatic rings. The van der Waals surface area contributed by atoms with Gasteiger partial charge in [-0.3, -0.25) is 9.59 Å². The van der Waals surface area contributed by atoms with Crippen molar-refractivity contribution >= 4 is 23.3 Å². The standard InChI is InChI=1S/C22H22ClFN4O3/c1-27(2)22(30)21-25-20(15-8-10-18(23)19(24)12-15)26-28(21)13-16(29)9-7-14-5-4-6-17(11-14)31-3/h4-6,8,10-12H,7,9,13H2,1-3H3. The molecule has 9 heteroatoms. The first-order valence-electron chi connectivity index (χ1n) is 9.55. The molecule has 0 radical (unpaired) electrons. The second-order valence-electron chi connectivity index (χ2n) is 7.14. The Balaban J connectivity index is 1.81. The number of hydrogen-bond acceptors (Lipinski definition) is 5. The summed E-state index contributed by atoms with van der Waals surface area (Å²) in [6.45, 7) is -0.123. The van der Waals surface area contributed by atoms with Gasteiger partial charge in [-0.1, -0.05) is 23.7 Å². The molecular weight excluding hydrogens is 423 g/mol. The molecule has 1 aromatic heterocycles. The lowest BCUT2D eigenvalue weighted by atomic mass is 10.1. The minimum atomic E-state index is -0.620. The minimum Gasteiger partial charge on any atom is -0.497 e. The predicted molar refractivity (Wildman–Crippen MR) is 115 cm³/mol. The Morgan fingerprint density at radius 1 is 1.19 bits per heavy atom. The van der Waals surface area contributed by atoms with Crippen LogP contribution in [0.25, 0.3) is 11.4 Å². The number of aromatic nitrogens is 3. The molecule has 7 nitrogen and oxygen atoms in total. The molecule has 0 aliphatic heterocycles. The van der Waals surface area contributed by atoms with Crippen LogP contribution in [-0.2, 0) is 17.8 Å². The van der Waals surface area contributed by atoms with E-state index in [2.05, 4.69) is 10.1 Å². The van der Waals surface area contributed by atoms with Crippen molar-refractivity contribution in [1.82, 2.24) is 19.7 Å². The van der Waals surface area contributed by atoms with Crippen molar-refractivity contribution in [1.29, 1.82) is 0 Å². The summed E-state index contributed by atoms with van der Waals surface area (Å²) in [4.78, 5) is 30.7. The molecule has 0 aliphatic carbocycles. The maximum absolute atomic E-state index is 13.9. The fourth-order valence-electron chi connectivity index (χ4n) is 2.93. The molecular formula is C22H22ClFN4O3. The highest BCUT2D eigenvalue weighted by atomic mass is 35.5. The smallest absolute Gasteiger partial charge is 0.290 e. The third kappa shape index (κ3) is 5.46. The Hall–Kier alpha value is -3.26. The van der Waals surface area contributed by atoms with E-state index in [0.29, 0.717) is 12.0 Å². The molecule has 0 unspecified atom stereocenters. The summed E-state index contributed by atoms with van der Waals surface area (Å²) in [5.74, 6) is -0.278. The topological polar surface area (TPSA) is 77.3 Å². The van der Waals surface area contributed by atoms with Gasteiger partial charge >= 0.3 is 0 Å². The van der Waals surface area contributed by atoms with Gasteiger partial charge in [0.15, 0.2) is 11.6 Å². The van der Waals surface area contributed by atoms with Crippen LogP contribution in [0.15, 0.2) is 42.5 Å². The average molecular weight is 445 g/mol. The zero-order chi connectivity index (χ0) is 22.5. The van der Waals surface area contributed by atoms with Gasteiger partial charge in [-0.05, 0) is 42.3 Å². The Morgan fingerprint density at radius 3 is 2.65 bits per heavy atom. The van der Waals surface area contributed by atoms with Crippen LogP contribution in [0.3, 0.4) is 0 Å². The van der Waals surface area contributed by atoms with Crippen LogP contribution in [-0.4, -0.2) is 52.6 Å². The Morgan fingerprint density at radius 2 is 1.97 bits per heavy atom. The molecule has 0 bridgehead atoms. The number of rotatable bonds is 8. The molecule has 2 aromatic carbocycles. The number of carbonyl (C=O) groups excluding carboxylic acids is 2. The summed E-state index contributed by atoms with van der Waals surface area (Å²) in [6, 6.07) is 11.6. The Labute approximate surface area is 184 Å². The minimum absolute atomic E-state index is 0.00471. The zero-order valence-corrected chi connectivity index (χ0v) is 18.2. The maximum atomic E-state index is 13.9. The summed E-state index contributed by atoms with van der Waals surface area (Å²) in [6.07, 6.45) is 0.782. The first-order valence-corrected chi connectivity index (χ1v) is 9.93. The van der Waals surface area contributed by atoms with Crippen molar-refractivity contribution in [2.24, 2.45) is 0 Å². The number of ketones is 1. The van der Waals surface area contributed by atoms with E-state index in [0.717, 1.165) is 11.3 Å². The van der Waals surface area contributed by atoms with Gasteiger partial charge in [-0.15, -0.1) is 5.10 Å². The van der Waals surface area contributed by atoms with Crippen LogP contribution in [0.4, 0.5) is 4.39 Å². The number of ether oxygens (including phenoxy) is 1. The monoisotopic (exact) mass is 444 g/mol. The number of Topliss-reactive ketones (excluding diaryl/α,β-unsaturated/α-hetero) is 1. The third-order valence-corrected chi connectivity index (χ3v) is 4.91. The second-order valence-corrected chi connectivity index (χ2v) is 7.54. The molecule has 0 fully saturated rings. The lowest BCUT2D eigenvalue weighted by molar-refractivity contribution is -0.119. The maximum Gasteiger partial charge on any atom is 0.290 e. The van der Waals surface area contributed by atoms with Crippen LogP contribution in [0, 0.1) is 5.82 Å². The first kappa shape index (κ1) is 22.4. The number of methoxy groups -OCH3 is 1. The summed E-state index contributed by atoms with van der Waals surface area (Å²) in [5.41, 5.74) is 1.32. The van der Waals surface area contributed by atoms with Gasteiger partial charge < -0.3 is 9.64 Å². The van der Waals surface area contributed by atoms with Crippen molar-refractivity contribution in [3.8, 4) is 17.1 Å². The van der Waals surface area contributed by atoms with Crippen LogP contribution in [0.1, 0.15) is 22.6 Å². The lowest BCUT2D eigenvalue weighted by Gasteiger charge is -2.10. The lowest BCUT2D eigenvalue weighted by Crippen LogP contribution is -2.27. The third-order valence-electron chi connectivity index (χ3n) is 4.60. The molecule has 3 rings (SSSR count). The summed E-state index contributed by atoms with van der Waals surface area (Å²) < 4.78 is 20.3. The zero-order valence-electron chi connectivity index (χ0n) is 17.4. The molecule has 0 N–H and O–H groups in total. The van der Waals surface area contributed by atoms with Gasteiger partial charge in [-0.2, -0.15) is 0 Å². The second kappa shape index (κ2) is 9.70. The van der Waals surface area contributed by atoms with Crippen LogP contribution in [0.5, 0.6) is 5.75 Å². The average Bonchev–Trinajstić information content (AvgIpc) is 3.17. The highest BCUT2D eigenvalue weighted by Crippen LogP contribution is 2.22. The van der Waals surface area contributed by atoms with Crippen molar-refractivity contribution in [3.63, 3.8) is 0 Å². The first-order chi connectivity index (χ1) is 14.8. The van der Waals surface area contributed by atoms with Gasteiger partial charge in [0.05, 0.1) is 12.1 Å². The largest absolute Gasteiger partial charge is 0.497 e. The van der Waals surface area contributed by atoms with E-state index in [1.807, 2.05) is 24.3 Å². The number of carbonyl (C=O) groups is 2. The molecule has 3 aromatic rings. The van der Waals surface area contributed by atoms with Gasteiger partial charge in [0.1, 0.15) is 18.1 Å². The molecule has 0 saturated heterocycles. The molecule has 31 heavy (non-hydrogen) atoms. The highest BCUT2D eigenvalue weighted by Gasteiger charge is 2.22. The Kier molecular flexibility index (Phi) is 7.02.